The number of halogens is 1. The van der Waals surface area contributed by atoms with Gasteiger partial charge in [-0.2, -0.15) is 0 Å². The summed E-state index contributed by atoms with van der Waals surface area (Å²) in [5.74, 6) is -0.902. The van der Waals surface area contributed by atoms with Crippen molar-refractivity contribution in [2.75, 3.05) is 20.2 Å². The molecule has 2 heterocycles. The van der Waals surface area contributed by atoms with Crippen LogP contribution in [0.3, 0.4) is 0 Å². The molecule has 1 aromatic rings. The zero-order valence-corrected chi connectivity index (χ0v) is 13.0. The minimum atomic E-state index is -0.777. The summed E-state index contributed by atoms with van der Waals surface area (Å²) in [5, 5.41) is 0.146. The maximum absolute atomic E-state index is 14.1. The third-order valence-corrected chi connectivity index (χ3v) is 5.11. The van der Waals surface area contributed by atoms with Crippen molar-refractivity contribution in [2.24, 2.45) is 0 Å². The Kier molecular flexibility index (Phi) is 4.31. The number of carbonyl (C=O) groups excluding carboxylic acids is 2. The topological polar surface area (TPSA) is 46.6 Å². The van der Waals surface area contributed by atoms with E-state index >= 15 is 0 Å². The summed E-state index contributed by atoms with van der Waals surface area (Å²) in [7, 11) is 1.31. The van der Waals surface area contributed by atoms with Gasteiger partial charge in [0.1, 0.15) is 11.9 Å². The van der Waals surface area contributed by atoms with Crippen LogP contribution in [0.1, 0.15) is 24.4 Å². The lowest BCUT2D eigenvalue weighted by atomic mass is 10.00. The molecule has 0 aromatic heterocycles. The van der Waals surface area contributed by atoms with E-state index in [0.29, 0.717) is 31.5 Å². The molecule has 0 bridgehead atoms. The molecule has 0 saturated heterocycles. The highest BCUT2D eigenvalue weighted by Gasteiger charge is 2.36. The molecular weight excluding hydrogens is 305 g/mol. The van der Waals surface area contributed by atoms with Crippen LogP contribution in [0.25, 0.3) is 0 Å². The van der Waals surface area contributed by atoms with E-state index in [-0.39, 0.29) is 5.12 Å². The van der Waals surface area contributed by atoms with E-state index in [1.54, 1.807) is 18.2 Å². The van der Waals surface area contributed by atoms with Crippen molar-refractivity contribution in [3.05, 3.63) is 46.1 Å². The molecule has 2 aliphatic heterocycles. The molecule has 0 fully saturated rings. The van der Waals surface area contributed by atoms with Crippen LogP contribution >= 0.6 is 11.8 Å². The highest BCUT2D eigenvalue weighted by atomic mass is 32.2. The van der Waals surface area contributed by atoms with Crippen molar-refractivity contribution in [3.8, 4) is 0 Å². The molecule has 3 rings (SSSR count). The Bertz CT molecular complexity index is 659. The summed E-state index contributed by atoms with van der Waals surface area (Å²) in [4.78, 5) is 26.8. The van der Waals surface area contributed by atoms with Gasteiger partial charge in [0.25, 0.3) is 0 Å². The van der Waals surface area contributed by atoms with E-state index in [1.165, 1.54) is 24.9 Å². The summed E-state index contributed by atoms with van der Waals surface area (Å²) >= 11 is 1.30. The second-order valence-corrected chi connectivity index (χ2v) is 6.50. The van der Waals surface area contributed by atoms with Gasteiger partial charge < -0.3 is 4.74 Å². The van der Waals surface area contributed by atoms with Crippen LogP contribution in [0.15, 0.2) is 34.7 Å². The molecule has 1 aromatic carbocycles. The molecule has 0 aliphatic carbocycles. The first-order chi connectivity index (χ1) is 10.6. The number of rotatable bonds is 3. The van der Waals surface area contributed by atoms with Gasteiger partial charge in [0.2, 0.25) is 0 Å². The number of hydrogen-bond donors (Lipinski definition) is 0. The third kappa shape index (κ3) is 2.80. The van der Waals surface area contributed by atoms with Gasteiger partial charge in [-0.15, -0.1) is 0 Å². The minimum absolute atomic E-state index is 0.146. The Labute approximate surface area is 132 Å². The highest BCUT2D eigenvalue weighted by Crippen LogP contribution is 2.40. The van der Waals surface area contributed by atoms with E-state index in [0.717, 1.165) is 10.5 Å². The summed E-state index contributed by atoms with van der Waals surface area (Å²) in [6.07, 6.45) is 1.13. The first kappa shape index (κ1) is 15.2. The van der Waals surface area contributed by atoms with Crippen LogP contribution in [0.4, 0.5) is 4.39 Å². The van der Waals surface area contributed by atoms with Gasteiger partial charge in [0.15, 0.2) is 5.12 Å². The van der Waals surface area contributed by atoms with Crippen molar-refractivity contribution in [3.63, 3.8) is 0 Å². The number of esters is 1. The quantitative estimate of drug-likeness (QED) is 0.801. The van der Waals surface area contributed by atoms with Crippen LogP contribution in [0.5, 0.6) is 0 Å². The molecule has 6 heteroatoms. The van der Waals surface area contributed by atoms with Gasteiger partial charge in [0, 0.05) is 25.1 Å². The molecule has 0 unspecified atom stereocenters. The molecule has 0 radical (unpaired) electrons. The maximum atomic E-state index is 14.1. The number of ether oxygens (including phenoxy) is 1. The lowest BCUT2D eigenvalue weighted by molar-refractivity contribution is -0.147. The lowest BCUT2D eigenvalue weighted by Crippen LogP contribution is -2.39. The Morgan fingerprint density at radius 1 is 1.41 bits per heavy atom. The second-order valence-electron chi connectivity index (χ2n) is 5.35. The molecular formula is C16H16FNO3S. The first-order valence-corrected chi connectivity index (χ1v) is 7.89. The Balaban J connectivity index is 1.90. The zero-order chi connectivity index (χ0) is 15.7. The fourth-order valence-corrected chi connectivity index (χ4v) is 3.96. The van der Waals surface area contributed by atoms with Gasteiger partial charge in [-0.25, -0.2) is 9.18 Å². The Morgan fingerprint density at radius 3 is 2.91 bits per heavy atom. The van der Waals surface area contributed by atoms with Crippen molar-refractivity contribution < 1.29 is 18.7 Å². The minimum Gasteiger partial charge on any atom is -0.468 e. The molecule has 0 amide bonds. The van der Waals surface area contributed by atoms with Crippen LogP contribution < -0.4 is 0 Å². The van der Waals surface area contributed by atoms with Crippen LogP contribution in [0, 0.1) is 5.82 Å². The predicted molar refractivity (Wildman–Crippen MR) is 81.6 cm³/mol. The first-order valence-electron chi connectivity index (χ1n) is 7.08. The van der Waals surface area contributed by atoms with Crippen molar-refractivity contribution >= 4 is 22.8 Å². The predicted octanol–water partition coefficient (Wildman–Crippen LogP) is 2.66. The number of thioether (sulfide) groups is 1. The van der Waals surface area contributed by atoms with Crippen molar-refractivity contribution in [2.45, 2.75) is 18.9 Å². The average Bonchev–Trinajstić information content (AvgIpc) is 2.88. The fraction of sp³-hybridized carbons (Fsp3) is 0.375. The van der Waals surface area contributed by atoms with E-state index < -0.39 is 17.8 Å². The summed E-state index contributed by atoms with van der Waals surface area (Å²) < 4.78 is 19.0. The lowest BCUT2D eigenvalue weighted by Gasteiger charge is -2.33. The van der Waals surface area contributed by atoms with E-state index in [4.69, 9.17) is 4.74 Å². The number of carbonyl (C=O) groups is 2. The number of benzene rings is 1. The Morgan fingerprint density at radius 2 is 2.18 bits per heavy atom. The fourth-order valence-electron chi connectivity index (χ4n) is 2.96. The smallest absolute Gasteiger partial charge is 0.327 e. The normalized spacial score (nSPS) is 20.0. The van der Waals surface area contributed by atoms with E-state index in [2.05, 4.69) is 0 Å². The number of nitrogens with zero attached hydrogens (tertiary/aromatic N) is 1. The maximum Gasteiger partial charge on any atom is 0.327 e. The number of methoxy groups -OCH3 is 1. The van der Waals surface area contributed by atoms with E-state index in [9.17, 15) is 14.0 Å². The number of hydrogen-bond acceptors (Lipinski definition) is 5. The monoisotopic (exact) mass is 321 g/mol. The molecule has 4 nitrogen and oxygen atoms in total. The SMILES string of the molecule is COC(=O)[C@H](c1ccccc1F)N1CCC2=C(CC(=O)S2)C1. The van der Waals surface area contributed by atoms with Gasteiger partial charge >= 0.3 is 5.97 Å². The second kappa shape index (κ2) is 6.22. The molecule has 0 saturated carbocycles. The van der Waals surface area contributed by atoms with Gasteiger partial charge in [-0.05, 0) is 23.0 Å². The largest absolute Gasteiger partial charge is 0.468 e. The highest BCUT2D eigenvalue weighted by molar-refractivity contribution is 8.17. The molecule has 2 aliphatic rings. The summed E-state index contributed by atoms with van der Waals surface area (Å²) in [6.45, 7) is 1.11. The van der Waals surface area contributed by atoms with Gasteiger partial charge in [-0.1, -0.05) is 30.0 Å². The molecule has 0 N–H and O–H groups in total. The Hall–Kier alpha value is -1.66. The van der Waals surface area contributed by atoms with Crippen LogP contribution in [-0.4, -0.2) is 36.2 Å². The van der Waals surface area contributed by atoms with E-state index in [1.807, 2.05) is 4.90 Å². The van der Waals surface area contributed by atoms with Crippen molar-refractivity contribution in [1.29, 1.82) is 0 Å². The molecule has 0 spiro atoms. The zero-order valence-electron chi connectivity index (χ0n) is 12.2. The van der Waals surface area contributed by atoms with Crippen molar-refractivity contribution in [1.82, 2.24) is 4.90 Å². The summed E-state index contributed by atoms with van der Waals surface area (Å²) in [5.41, 5.74) is 1.36. The van der Waals surface area contributed by atoms with Crippen LogP contribution in [-0.2, 0) is 14.3 Å². The van der Waals surface area contributed by atoms with Crippen LogP contribution in [0.2, 0.25) is 0 Å². The molecule has 116 valence electrons. The standard InChI is InChI=1S/C16H16FNO3S/c1-21-16(20)15(11-4-2-3-5-12(11)17)18-7-6-13-10(9-18)8-14(19)22-13/h2-5,15H,6-9H2,1H3/t15-/m0/s1. The average molecular weight is 321 g/mol. The molecule has 22 heavy (non-hydrogen) atoms. The summed E-state index contributed by atoms with van der Waals surface area (Å²) in [6, 6.07) is 5.47. The van der Waals surface area contributed by atoms with Gasteiger partial charge in [-0.3, -0.25) is 9.69 Å². The third-order valence-electron chi connectivity index (χ3n) is 4.00. The molecule has 1 atom stereocenters. The van der Waals surface area contributed by atoms with Gasteiger partial charge in [0.05, 0.1) is 7.11 Å².